The monoisotopic (exact) mass is 270 g/mol. The first-order chi connectivity index (χ1) is 8.45. The fourth-order valence-electron chi connectivity index (χ4n) is 2.32. The fourth-order valence-corrected chi connectivity index (χ4v) is 2.32. The van der Waals surface area contributed by atoms with Gasteiger partial charge in [-0.05, 0) is 56.3 Å². The lowest BCUT2D eigenvalue weighted by atomic mass is 9.95. The van der Waals surface area contributed by atoms with Crippen molar-refractivity contribution in [2.24, 2.45) is 5.92 Å². The quantitative estimate of drug-likeness (QED) is 0.807. The Balaban J connectivity index is 0.00000162. The van der Waals surface area contributed by atoms with Crippen LogP contribution in [0.5, 0.6) is 0 Å². The number of rotatable bonds is 6. The van der Waals surface area contributed by atoms with Crippen LogP contribution < -0.4 is 5.32 Å². The average molecular weight is 271 g/mol. The number of pyridine rings is 1. The topological polar surface area (TPSA) is 34.1 Å². The molecular formula is C14H23ClN2O. The van der Waals surface area contributed by atoms with E-state index >= 15 is 0 Å². The van der Waals surface area contributed by atoms with Crippen molar-refractivity contribution in [3.8, 4) is 0 Å². The van der Waals surface area contributed by atoms with Gasteiger partial charge in [-0.25, -0.2) is 0 Å². The maximum atomic E-state index is 5.65. The van der Waals surface area contributed by atoms with Crippen molar-refractivity contribution >= 4 is 12.4 Å². The largest absolute Gasteiger partial charge is 0.377 e. The molecule has 0 saturated carbocycles. The molecule has 2 heterocycles. The van der Waals surface area contributed by atoms with E-state index in [1.807, 2.05) is 12.3 Å². The first-order valence-electron chi connectivity index (χ1n) is 6.62. The van der Waals surface area contributed by atoms with Gasteiger partial charge in [-0.15, -0.1) is 12.4 Å². The van der Waals surface area contributed by atoms with Crippen LogP contribution in [0.2, 0.25) is 0 Å². The summed E-state index contributed by atoms with van der Waals surface area (Å²) in [7, 11) is 0. The molecule has 1 unspecified atom stereocenters. The maximum Gasteiger partial charge on any atom is 0.0731 e. The Kier molecular flexibility index (Phi) is 7.98. The van der Waals surface area contributed by atoms with E-state index in [1.54, 1.807) is 6.20 Å². The second-order valence-corrected chi connectivity index (χ2v) is 4.77. The van der Waals surface area contributed by atoms with E-state index < -0.39 is 0 Å². The van der Waals surface area contributed by atoms with E-state index in [0.29, 0.717) is 6.61 Å². The van der Waals surface area contributed by atoms with Crippen molar-refractivity contribution < 1.29 is 4.74 Å². The molecule has 0 amide bonds. The van der Waals surface area contributed by atoms with Crippen LogP contribution in [0.15, 0.2) is 24.5 Å². The van der Waals surface area contributed by atoms with Gasteiger partial charge in [0.25, 0.3) is 0 Å². The van der Waals surface area contributed by atoms with E-state index in [-0.39, 0.29) is 12.4 Å². The number of nitrogens with one attached hydrogen (secondary N) is 1. The minimum absolute atomic E-state index is 0. The van der Waals surface area contributed by atoms with Gasteiger partial charge < -0.3 is 10.1 Å². The predicted octanol–water partition coefficient (Wildman–Crippen LogP) is 2.80. The normalized spacial score (nSPS) is 19.2. The molecule has 1 N–H and O–H groups in total. The molecule has 0 aromatic carbocycles. The Hall–Kier alpha value is -0.640. The molecule has 2 rings (SSSR count). The van der Waals surface area contributed by atoms with Crippen LogP contribution in [0.4, 0.5) is 0 Å². The van der Waals surface area contributed by atoms with Crippen LogP contribution in [-0.4, -0.2) is 24.7 Å². The second-order valence-electron chi connectivity index (χ2n) is 4.77. The lowest BCUT2D eigenvalue weighted by Gasteiger charge is -2.22. The van der Waals surface area contributed by atoms with E-state index in [9.17, 15) is 0 Å². The Morgan fingerprint density at radius 3 is 3.11 bits per heavy atom. The summed E-state index contributed by atoms with van der Waals surface area (Å²) < 4.78 is 5.65. The molecule has 1 aromatic heterocycles. The molecular weight excluding hydrogens is 248 g/mol. The molecule has 0 bridgehead atoms. The summed E-state index contributed by atoms with van der Waals surface area (Å²) in [5.41, 5.74) is 1.16. The van der Waals surface area contributed by atoms with Crippen LogP contribution in [0.3, 0.4) is 0 Å². The molecule has 0 aliphatic carbocycles. The zero-order valence-corrected chi connectivity index (χ0v) is 11.6. The van der Waals surface area contributed by atoms with E-state index in [1.165, 1.54) is 38.8 Å². The molecule has 3 nitrogen and oxygen atoms in total. The molecule has 1 fully saturated rings. The third kappa shape index (κ3) is 5.80. The van der Waals surface area contributed by atoms with Crippen molar-refractivity contribution in [1.82, 2.24) is 10.3 Å². The molecule has 1 saturated heterocycles. The molecule has 1 atom stereocenters. The predicted molar refractivity (Wildman–Crippen MR) is 76.0 cm³/mol. The van der Waals surface area contributed by atoms with Gasteiger partial charge in [-0.2, -0.15) is 0 Å². The maximum absolute atomic E-state index is 5.65. The van der Waals surface area contributed by atoms with Gasteiger partial charge in [0.1, 0.15) is 0 Å². The van der Waals surface area contributed by atoms with E-state index in [4.69, 9.17) is 4.74 Å². The Bertz CT molecular complexity index is 302. The summed E-state index contributed by atoms with van der Waals surface area (Å²) in [5.74, 6) is 0.866. The van der Waals surface area contributed by atoms with Gasteiger partial charge in [-0.1, -0.05) is 6.07 Å². The van der Waals surface area contributed by atoms with Gasteiger partial charge in [-0.3, -0.25) is 4.98 Å². The van der Waals surface area contributed by atoms with Gasteiger partial charge in [0, 0.05) is 19.0 Å². The van der Waals surface area contributed by atoms with E-state index in [2.05, 4.69) is 16.4 Å². The highest BCUT2D eigenvalue weighted by molar-refractivity contribution is 5.85. The molecule has 18 heavy (non-hydrogen) atoms. The van der Waals surface area contributed by atoms with Gasteiger partial charge >= 0.3 is 0 Å². The highest BCUT2D eigenvalue weighted by Crippen LogP contribution is 2.15. The number of hydrogen-bond donors (Lipinski definition) is 1. The highest BCUT2D eigenvalue weighted by atomic mass is 35.5. The van der Waals surface area contributed by atoms with Gasteiger partial charge in [0.2, 0.25) is 0 Å². The average Bonchev–Trinajstić information content (AvgIpc) is 2.41. The Morgan fingerprint density at radius 1 is 1.44 bits per heavy atom. The zero-order chi connectivity index (χ0) is 11.8. The Morgan fingerprint density at radius 2 is 2.39 bits per heavy atom. The number of hydrogen-bond acceptors (Lipinski definition) is 3. The van der Waals surface area contributed by atoms with Crippen LogP contribution in [0, 0.1) is 5.92 Å². The molecule has 0 spiro atoms. The minimum atomic E-state index is 0. The first-order valence-corrected chi connectivity index (χ1v) is 6.62. The summed E-state index contributed by atoms with van der Waals surface area (Å²) in [6, 6.07) is 4.00. The second kappa shape index (κ2) is 9.31. The summed E-state index contributed by atoms with van der Waals surface area (Å²) in [4.78, 5) is 4.07. The molecule has 4 heteroatoms. The van der Waals surface area contributed by atoms with Crippen LogP contribution in [-0.2, 0) is 11.3 Å². The van der Waals surface area contributed by atoms with Crippen molar-refractivity contribution in [2.75, 3.05) is 19.7 Å². The number of nitrogens with zero attached hydrogens (tertiary/aromatic N) is 1. The standard InChI is InChI=1S/C14H22N2O.ClH/c1-4-13(10-15-7-1)6-3-9-17-12-14-5-2-8-16-11-14;/h2,5,8,11,13,15H,1,3-4,6-7,9-10,12H2;1H. The summed E-state index contributed by atoms with van der Waals surface area (Å²) in [6.07, 6.45) is 8.84. The molecule has 0 radical (unpaired) electrons. The minimum Gasteiger partial charge on any atom is -0.377 e. The summed E-state index contributed by atoms with van der Waals surface area (Å²) in [6.45, 7) is 3.96. The molecule has 1 aromatic rings. The molecule has 1 aliphatic heterocycles. The molecule has 1 aliphatic rings. The van der Waals surface area contributed by atoms with Crippen molar-refractivity contribution in [2.45, 2.75) is 32.3 Å². The number of halogens is 1. The van der Waals surface area contributed by atoms with Gasteiger partial charge in [0.05, 0.1) is 6.61 Å². The van der Waals surface area contributed by atoms with Gasteiger partial charge in [0.15, 0.2) is 0 Å². The zero-order valence-electron chi connectivity index (χ0n) is 10.8. The van der Waals surface area contributed by atoms with Crippen molar-refractivity contribution in [3.05, 3.63) is 30.1 Å². The van der Waals surface area contributed by atoms with E-state index in [0.717, 1.165) is 18.1 Å². The lowest BCUT2D eigenvalue weighted by molar-refractivity contribution is 0.112. The SMILES string of the molecule is Cl.c1cncc(COCCCC2CCCNC2)c1. The van der Waals surface area contributed by atoms with Crippen LogP contribution >= 0.6 is 12.4 Å². The molecule has 102 valence electrons. The Labute approximate surface area is 116 Å². The smallest absolute Gasteiger partial charge is 0.0731 e. The summed E-state index contributed by atoms with van der Waals surface area (Å²) in [5, 5.41) is 3.45. The summed E-state index contributed by atoms with van der Waals surface area (Å²) >= 11 is 0. The highest BCUT2D eigenvalue weighted by Gasteiger charge is 2.11. The van der Waals surface area contributed by atoms with Crippen LogP contribution in [0.1, 0.15) is 31.2 Å². The van der Waals surface area contributed by atoms with Crippen molar-refractivity contribution in [3.63, 3.8) is 0 Å². The number of piperidine rings is 1. The first kappa shape index (κ1) is 15.4. The fraction of sp³-hybridized carbons (Fsp3) is 0.643. The van der Waals surface area contributed by atoms with Crippen molar-refractivity contribution in [1.29, 1.82) is 0 Å². The number of aromatic nitrogens is 1. The lowest BCUT2D eigenvalue weighted by Crippen LogP contribution is -2.29. The third-order valence-corrected chi connectivity index (χ3v) is 3.29. The number of ether oxygens (including phenoxy) is 1. The van der Waals surface area contributed by atoms with Crippen LogP contribution in [0.25, 0.3) is 0 Å². The third-order valence-electron chi connectivity index (χ3n) is 3.29.